The van der Waals surface area contributed by atoms with Crippen LogP contribution in [0.2, 0.25) is 19.6 Å². The highest BCUT2D eigenvalue weighted by Crippen LogP contribution is 2.26. The molecule has 0 amide bonds. The van der Waals surface area contributed by atoms with Gasteiger partial charge in [0.1, 0.15) is 16.9 Å². The molecule has 1 rings (SSSR count). The number of carbonyl (C=O) groups is 2. The maximum Gasteiger partial charge on any atom is 0.342 e. The molecule has 0 saturated carbocycles. The fourth-order valence-corrected chi connectivity index (χ4v) is 2.41. The van der Waals surface area contributed by atoms with Crippen molar-refractivity contribution in [1.82, 2.24) is 0 Å². The largest absolute Gasteiger partial charge is 0.544 e. The van der Waals surface area contributed by atoms with E-state index in [1.54, 1.807) is 20.8 Å². The Kier molecular flexibility index (Phi) is 4.83. The molecule has 0 radical (unpaired) electrons. The third-order valence-electron chi connectivity index (χ3n) is 2.26. The molecule has 1 aromatic rings. The van der Waals surface area contributed by atoms with E-state index in [1.807, 2.05) is 19.6 Å². The molecule has 5 nitrogen and oxygen atoms in total. The van der Waals surface area contributed by atoms with Crippen LogP contribution in [0.5, 0.6) is 5.75 Å². The molecule has 1 aromatic carbocycles. The summed E-state index contributed by atoms with van der Waals surface area (Å²) in [6.45, 7) is 11.2. The molecule has 0 fully saturated rings. The molecule has 0 spiro atoms. The van der Waals surface area contributed by atoms with E-state index in [4.69, 9.17) is 14.3 Å². The zero-order valence-electron chi connectivity index (χ0n) is 13.3. The van der Waals surface area contributed by atoms with Crippen LogP contribution < -0.4 is 4.43 Å². The number of hydrogen-bond donors (Lipinski definition) is 1. The van der Waals surface area contributed by atoms with Crippen LogP contribution in [0.3, 0.4) is 0 Å². The molecule has 0 atom stereocenters. The average Bonchev–Trinajstić information content (AvgIpc) is 2.24. The molecule has 0 aliphatic heterocycles. The number of ether oxygens (including phenoxy) is 1. The predicted molar refractivity (Wildman–Crippen MR) is 82.5 cm³/mol. The van der Waals surface area contributed by atoms with E-state index in [0.29, 0.717) is 5.75 Å². The van der Waals surface area contributed by atoms with Crippen molar-refractivity contribution in [3.63, 3.8) is 0 Å². The average molecular weight is 310 g/mol. The summed E-state index contributed by atoms with van der Waals surface area (Å²) < 4.78 is 11.2. The van der Waals surface area contributed by atoms with Gasteiger partial charge in [-0.1, -0.05) is 0 Å². The smallest absolute Gasteiger partial charge is 0.342 e. The van der Waals surface area contributed by atoms with Gasteiger partial charge in [-0.3, -0.25) is 0 Å². The highest BCUT2D eigenvalue weighted by molar-refractivity contribution is 6.70. The molecule has 0 heterocycles. The predicted octanol–water partition coefficient (Wildman–Crippen LogP) is 3.55. The van der Waals surface area contributed by atoms with Gasteiger partial charge in [0.2, 0.25) is 8.32 Å². The van der Waals surface area contributed by atoms with E-state index in [-0.39, 0.29) is 11.1 Å². The summed E-state index contributed by atoms with van der Waals surface area (Å²) in [5, 5.41) is 9.06. The lowest BCUT2D eigenvalue weighted by atomic mass is 10.1. The third-order valence-corrected chi connectivity index (χ3v) is 3.09. The quantitative estimate of drug-likeness (QED) is 0.680. The van der Waals surface area contributed by atoms with Crippen molar-refractivity contribution in [3.05, 3.63) is 29.3 Å². The van der Waals surface area contributed by atoms with Gasteiger partial charge in [-0.25, -0.2) is 9.59 Å². The van der Waals surface area contributed by atoms with Crippen LogP contribution in [-0.2, 0) is 4.74 Å². The fourth-order valence-electron chi connectivity index (χ4n) is 1.57. The zero-order valence-corrected chi connectivity index (χ0v) is 14.3. The monoisotopic (exact) mass is 310 g/mol. The summed E-state index contributed by atoms with van der Waals surface area (Å²) in [7, 11) is -1.93. The van der Waals surface area contributed by atoms with Crippen LogP contribution in [0.25, 0.3) is 0 Å². The Morgan fingerprint density at radius 3 is 2.14 bits per heavy atom. The number of aromatic carboxylic acids is 1. The highest BCUT2D eigenvalue weighted by Gasteiger charge is 2.25. The molecular formula is C15H22O5Si. The lowest BCUT2D eigenvalue weighted by Gasteiger charge is -2.24. The topological polar surface area (TPSA) is 72.8 Å². The van der Waals surface area contributed by atoms with Crippen LogP contribution in [0, 0.1) is 0 Å². The lowest BCUT2D eigenvalue weighted by molar-refractivity contribution is 0.00677. The van der Waals surface area contributed by atoms with Crippen LogP contribution in [0.1, 0.15) is 41.5 Å². The molecule has 0 aromatic heterocycles. The Hall–Kier alpha value is -1.82. The third kappa shape index (κ3) is 5.59. The first-order valence-corrected chi connectivity index (χ1v) is 10.1. The first-order chi connectivity index (χ1) is 9.39. The second kappa shape index (κ2) is 5.89. The zero-order chi connectivity index (χ0) is 16.4. The minimum atomic E-state index is -1.93. The summed E-state index contributed by atoms with van der Waals surface area (Å²) in [4.78, 5) is 23.3. The molecule has 0 bridgehead atoms. The van der Waals surface area contributed by atoms with Crippen LogP contribution in [0.15, 0.2) is 18.2 Å². The van der Waals surface area contributed by atoms with E-state index in [2.05, 4.69) is 0 Å². The Labute approximate surface area is 126 Å². The number of carboxylic acids is 1. The number of esters is 1. The van der Waals surface area contributed by atoms with Gasteiger partial charge in [-0.2, -0.15) is 0 Å². The van der Waals surface area contributed by atoms with Crippen molar-refractivity contribution < 1.29 is 23.9 Å². The van der Waals surface area contributed by atoms with Crippen LogP contribution in [0.4, 0.5) is 0 Å². The van der Waals surface area contributed by atoms with E-state index in [1.165, 1.54) is 18.2 Å². The van der Waals surface area contributed by atoms with Gasteiger partial charge < -0.3 is 14.3 Å². The second-order valence-corrected chi connectivity index (χ2v) is 11.2. The second-order valence-electron chi connectivity index (χ2n) is 6.73. The number of rotatable bonds is 4. The van der Waals surface area contributed by atoms with Gasteiger partial charge >= 0.3 is 11.9 Å². The van der Waals surface area contributed by atoms with Crippen molar-refractivity contribution in [2.75, 3.05) is 0 Å². The van der Waals surface area contributed by atoms with Crippen LogP contribution >= 0.6 is 0 Å². The molecule has 0 aliphatic rings. The van der Waals surface area contributed by atoms with E-state index < -0.39 is 25.9 Å². The normalized spacial score (nSPS) is 11.9. The minimum absolute atomic E-state index is 0.0267. The summed E-state index contributed by atoms with van der Waals surface area (Å²) in [5.41, 5.74) is -0.488. The molecule has 0 aliphatic carbocycles. The Morgan fingerprint density at radius 1 is 1.14 bits per heavy atom. The Balaban J connectivity index is 3.26. The SMILES string of the molecule is CC(C)(C)OC(=O)c1cc(C(=O)O)ccc1O[Si](C)(C)C. The number of carboxylic acid groups (broad SMARTS) is 1. The molecule has 6 heteroatoms. The van der Waals surface area contributed by atoms with Gasteiger partial charge in [0.15, 0.2) is 0 Å². The maximum atomic E-state index is 12.3. The summed E-state index contributed by atoms with van der Waals surface area (Å²) in [6.07, 6.45) is 0. The van der Waals surface area contributed by atoms with Crippen molar-refractivity contribution >= 4 is 20.3 Å². The maximum absolute atomic E-state index is 12.3. The van der Waals surface area contributed by atoms with Crippen molar-refractivity contribution in [2.24, 2.45) is 0 Å². The van der Waals surface area contributed by atoms with Gasteiger partial charge in [-0.05, 0) is 58.6 Å². The number of carbonyl (C=O) groups excluding carboxylic acids is 1. The lowest BCUT2D eigenvalue weighted by Crippen LogP contribution is -2.31. The van der Waals surface area contributed by atoms with E-state index in [9.17, 15) is 9.59 Å². The van der Waals surface area contributed by atoms with Gasteiger partial charge in [0.25, 0.3) is 0 Å². The molecular weight excluding hydrogens is 288 g/mol. The van der Waals surface area contributed by atoms with Gasteiger partial charge in [0, 0.05) is 0 Å². The summed E-state index contributed by atoms with van der Waals surface area (Å²) >= 11 is 0. The highest BCUT2D eigenvalue weighted by atomic mass is 28.4. The minimum Gasteiger partial charge on any atom is -0.544 e. The number of hydrogen-bond acceptors (Lipinski definition) is 4. The van der Waals surface area contributed by atoms with E-state index >= 15 is 0 Å². The number of benzene rings is 1. The standard InChI is InChI=1S/C15H22O5Si/c1-15(2,3)19-14(18)11-9-10(13(16)17)7-8-12(11)20-21(4,5)6/h7-9H,1-6H3,(H,16,17). The first kappa shape index (κ1) is 17.2. The van der Waals surface area contributed by atoms with Gasteiger partial charge in [-0.15, -0.1) is 0 Å². The summed E-state index contributed by atoms with van der Waals surface area (Å²) in [6, 6.07) is 4.23. The molecule has 0 unspecified atom stereocenters. The Morgan fingerprint density at radius 2 is 1.71 bits per heavy atom. The van der Waals surface area contributed by atoms with Crippen molar-refractivity contribution in [3.8, 4) is 5.75 Å². The van der Waals surface area contributed by atoms with E-state index in [0.717, 1.165) is 0 Å². The molecule has 1 N–H and O–H groups in total. The molecule has 21 heavy (non-hydrogen) atoms. The summed E-state index contributed by atoms with van der Waals surface area (Å²) in [5.74, 6) is -1.31. The Bertz CT molecular complexity index is 552. The van der Waals surface area contributed by atoms with Gasteiger partial charge in [0.05, 0.1) is 5.56 Å². The first-order valence-electron chi connectivity index (χ1n) is 6.69. The van der Waals surface area contributed by atoms with Crippen molar-refractivity contribution in [1.29, 1.82) is 0 Å². The fraction of sp³-hybridized carbons (Fsp3) is 0.467. The molecule has 0 saturated heterocycles. The van der Waals surface area contributed by atoms with Crippen molar-refractivity contribution in [2.45, 2.75) is 46.0 Å². The molecule has 116 valence electrons. The van der Waals surface area contributed by atoms with Crippen LogP contribution in [-0.4, -0.2) is 31.0 Å².